The van der Waals surface area contributed by atoms with Gasteiger partial charge in [0.1, 0.15) is 0 Å². The summed E-state index contributed by atoms with van der Waals surface area (Å²) in [5.41, 5.74) is 0. The molecule has 0 aliphatic carbocycles. The molecule has 0 aromatic rings. The lowest BCUT2D eigenvalue weighted by molar-refractivity contribution is -0.0540. The van der Waals surface area contributed by atoms with Crippen molar-refractivity contribution in [1.29, 1.82) is 0 Å². The second-order valence-corrected chi connectivity index (χ2v) is 4.00. The number of aliphatic hydroxyl groups excluding tert-OH is 1. The lowest BCUT2D eigenvalue weighted by Crippen LogP contribution is -2.46. The fourth-order valence-electron chi connectivity index (χ4n) is 1.92. The van der Waals surface area contributed by atoms with Crippen LogP contribution in [0.15, 0.2) is 0 Å². The monoisotopic (exact) mass is 216 g/mol. The van der Waals surface area contributed by atoms with E-state index < -0.39 is 0 Å². The van der Waals surface area contributed by atoms with Gasteiger partial charge in [-0.2, -0.15) is 0 Å². The van der Waals surface area contributed by atoms with E-state index in [9.17, 15) is 0 Å². The van der Waals surface area contributed by atoms with Crippen molar-refractivity contribution in [3.05, 3.63) is 0 Å². The van der Waals surface area contributed by atoms with Gasteiger partial charge in [-0.25, -0.2) is 0 Å². The number of aliphatic hydroxyl groups is 1. The second kappa shape index (κ2) is 7.17. The van der Waals surface area contributed by atoms with Gasteiger partial charge in [0.05, 0.1) is 19.3 Å². The van der Waals surface area contributed by atoms with Gasteiger partial charge < -0.3 is 14.7 Å². The molecular weight excluding hydrogens is 192 g/mol. The highest BCUT2D eigenvalue weighted by molar-refractivity contribution is 4.71. The van der Waals surface area contributed by atoms with Gasteiger partial charge in [-0.3, -0.25) is 4.90 Å². The summed E-state index contributed by atoms with van der Waals surface area (Å²) in [4.78, 5) is 4.80. The van der Waals surface area contributed by atoms with Crippen molar-refractivity contribution >= 4 is 0 Å². The Kier molecular flexibility index (Phi) is 6.17. The zero-order valence-electron chi connectivity index (χ0n) is 9.98. The molecule has 1 rings (SSSR count). The van der Waals surface area contributed by atoms with E-state index in [1.54, 1.807) is 0 Å². The van der Waals surface area contributed by atoms with E-state index >= 15 is 0 Å². The second-order valence-electron chi connectivity index (χ2n) is 4.00. The Morgan fingerprint density at radius 2 is 2.13 bits per heavy atom. The van der Waals surface area contributed by atoms with Gasteiger partial charge in [-0.05, 0) is 13.1 Å². The number of likely N-dealkylation sites (N-methyl/N-ethyl adjacent to an activating group) is 1. The van der Waals surface area contributed by atoms with Crippen LogP contribution in [0.4, 0.5) is 0 Å². The maximum atomic E-state index is 9.02. The normalized spacial score (nSPS) is 23.6. The molecule has 0 radical (unpaired) electrons. The molecule has 0 amide bonds. The van der Waals surface area contributed by atoms with Crippen molar-refractivity contribution in [2.45, 2.75) is 20.0 Å². The Morgan fingerprint density at radius 1 is 1.40 bits per heavy atom. The first kappa shape index (κ1) is 12.9. The highest BCUT2D eigenvalue weighted by Gasteiger charge is 2.19. The molecular formula is C11H24N2O2. The molecule has 1 unspecified atom stereocenters. The molecule has 1 aliphatic heterocycles. The minimum Gasteiger partial charge on any atom is -0.394 e. The third kappa shape index (κ3) is 4.47. The van der Waals surface area contributed by atoms with Crippen LogP contribution in [-0.4, -0.2) is 73.5 Å². The number of rotatable bonds is 6. The summed E-state index contributed by atoms with van der Waals surface area (Å²) < 4.78 is 5.41. The molecule has 1 N–H and O–H groups in total. The summed E-state index contributed by atoms with van der Waals surface area (Å²) >= 11 is 0. The van der Waals surface area contributed by atoms with E-state index in [-0.39, 0.29) is 12.7 Å². The van der Waals surface area contributed by atoms with Crippen molar-refractivity contribution in [3.8, 4) is 0 Å². The Balaban J connectivity index is 2.20. The summed E-state index contributed by atoms with van der Waals surface area (Å²) in [6.45, 7) is 11.6. The number of nitrogens with zero attached hydrogens (tertiary/aromatic N) is 2. The van der Waals surface area contributed by atoms with Gasteiger partial charge in [-0.15, -0.1) is 0 Å². The zero-order chi connectivity index (χ0) is 11.1. The molecule has 4 nitrogen and oxygen atoms in total. The molecule has 1 fully saturated rings. The van der Waals surface area contributed by atoms with Gasteiger partial charge in [0.15, 0.2) is 0 Å². The minimum absolute atomic E-state index is 0.0236. The third-order valence-corrected chi connectivity index (χ3v) is 3.05. The summed E-state index contributed by atoms with van der Waals surface area (Å²) in [7, 11) is 0. The van der Waals surface area contributed by atoms with Crippen LogP contribution in [0.2, 0.25) is 0 Å². The molecule has 90 valence electrons. The van der Waals surface area contributed by atoms with E-state index in [0.29, 0.717) is 0 Å². The summed E-state index contributed by atoms with van der Waals surface area (Å²) in [6, 6.07) is 0. The topological polar surface area (TPSA) is 35.9 Å². The first-order valence-corrected chi connectivity index (χ1v) is 5.97. The fraction of sp³-hybridized carbons (Fsp3) is 1.00. The van der Waals surface area contributed by atoms with Gasteiger partial charge in [0.25, 0.3) is 0 Å². The molecule has 1 heterocycles. The molecule has 15 heavy (non-hydrogen) atoms. The fourth-order valence-corrected chi connectivity index (χ4v) is 1.92. The molecule has 1 aliphatic rings. The average Bonchev–Trinajstić information content (AvgIpc) is 2.31. The quantitative estimate of drug-likeness (QED) is 0.679. The third-order valence-electron chi connectivity index (χ3n) is 3.05. The van der Waals surface area contributed by atoms with Crippen LogP contribution in [0.25, 0.3) is 0 Å². The molecule has 0 saturated carbocycles. The summed E-state index contributed by atoms with van der Waals surface area (Å²) in [5, 5.41) is 9.02. The average molecular weight is 216 g/mol. The predicted molar refractivity (Wildman–Crippen MR) is 61.1 cm³/mol. The Labute approximate surface area is 92.8 Å². The minimum atomic E-state index is 0.0236. The van der Waals surface area contributed by atoms with Crippen LogP contribution in [0.1, 0.15) is 13.8 Å². The Morgan fingerprint density at radius 3 is 2.73 bits per heavy atom. The van der Waals surface area contributed by atoms with Crippen LogP contribution in [0.5, 0.6) is 0 Å². The molecule has 1 atom stereocenters. The largest absolute Gasteiger partial charge is 0.394 e. The molecule has 0 bridgehead atoms. The standard InChI is InChI=1S/C11H24N2O2/c1-3-12(4-2)5-6-13-7-8-15-11(9-13)10-14/h11,14H,3-10H2,1-2H3. The van der Waals surface area contributed by atoms with Gasteiger partial charge in [0, 0.05) is 26.2 Å². The van der Waals surface area contributed by atoms with E-state index in [2.05, 4.69) is 23.6 Å². The van der Waals surface area contributed by atoms with Gasteiger partial charge >= 0.3 is 0 Å². The molecule has 0 aromatic heterocycles. The van der Waals surface area contributed by atoms with E-state index in [1.165, 1.54) is 0 Å². The van der Waals surface area contributed by atoms with Crippen LogP contribution >= 0.6 is 0 Å². The summed E-state index contributed by atoms with van der Waals surface area (Å²) in [6.07, 6.45) is 0.0236. The van der Waals surface area contributed by atoms with Crippen molar-refractivity contribution in [2.75, 3.05) is 52.5 Å². The van der Waals surface area contributed by atoms with Crippen LogP contribution in [0.3, 0.4) is 0 Å². The SMILES string of the molecule is CCN(CC)CCN1CCOC(CO)C1. The van der Waals surface area contributed by atoms with E-state index in [1.807, 2.05) is 0 Å². The number of morpholine rings is 1. The van der Waals surface area contributed by atoms with Crippen molar-refractivity contribution in [3.63, 3.8) is 0 Å². The molecule has 0 aromatic carbocycles. The highest BCUT2D eigenvalue weighted by Crippen LogP contribution is 2.04. The number of ether oxygens (including phenoxy) is 1. The lowest BCUT2D eigenvalue weighted by Gasteiger charge is -2.33. The van der Waals surface area contributed by atoms with Gasteiger partial charge in [-0.1, -0.05) is 13.8 Å². The lowest BCUT2D eigenvalue weighted by atomic mass is 10.3. The van der Waals surface area contributed by atoms with E-state index in [0.717, 1.165) is 45.9 Å². The van der Waals surface area contributed by atoms with Gasteiger partial charge in [0.2, 0.25) is 0 Å². The maximum absolute atomic E-state index is 9.02. The number of hydrogen-bond acceptors (Lipinski definition) is 4. The Bertz CT molecular complexity index is 163. The van der Waals surface area contributed by atoms with Crippen molar-refractivity contribution < 1.29 is 9.84 Å². The summed E-state index contributed by atoms with van der Waals surface area (Å²) in [5.74, 6) is 0. The highest BCUT2D eigenvalue weighted by atomic mass is 16.5. The zero-order valence-corrected chi connectivity index (χ0v) is 9.98. The van der Waals surface area contributed by atoms with Crippen molar-refractivity contribution in [2.24, 2.45) is 0 Å². The smallest absolute Gasteiger partial charge is 0.0932 e. The predicted octanol–water partition coefficient (Wildman–Crippen LogP) is 0.0213. The van der Waals surface area contributed by atoms with Crippen LogP contribution in [-0.2, 0) is 4.74 Å². The molecule has 0 spiro atoms. The maximum Gasteiger partial charge on any atom is 0.0932 e. The Hall–Kier alpha value is -0.160. The number of hydrogen-bond donors (Lipinski definition) is 1. The van der Waals surface area contributed by atoms with Crippen LogP contribution < -0.4 is 0 Å². The molecule has 1 saturated heterocycles. The first-order chi connectivity index (χ1) is 7.30. The first-order valence-electron chi connectivity index (χ1n) is 5.97. The van der Waals surface area contributed by atoms with E-state index in [4.69, 9.17) is 9.84 Å². The van der Waals surface area contributed by atoms with Crippen molar-refractivity contribution in [1.82, 2.24) is 9.80 Å². The van der Waals surface area contributed by atoms with Crippen LogP contribution in [0, 0.1) is 0 Å². The molecule has 4 heteroatoms.